The summed E-state index contributed by atoms with van der Waals surface area (Å²) in [5.41, 5.74) is 7.69. The maximum atomic E-state index is 12.7. The molecule has 24 heavy (non-hydrogen) atoms. The van der Waals surface area contributed by atoms with Crippen molar-refractivity contribution < 1.29 is 4.79 Å². The van der Waals surface area contributed by atoms with Crippen LogP contribution in [0.25, 0.3) is 0 Å². The fourth-order valence-electron chi connectivity index (χ4n) is 2.85. The fraction of sp³-hybridized carbons (Fsp3) is 0.438. The summed E-state index contributed by atoms with van der Waals surface area (Å²) in [5.74, 6) is 0.742. The maximum Gasteiger partial charge on any atom is 0.273 e. The molecule has 1 aliphatic heterocycles. The van der Waals surface area contributed by atoms with Crippen LogP contribution < -0.4 is 11.3 Å². The number of hydrogen-bond donors (Lipinski definition) is 2. The van der Waals surface area contributed by atoms with Crippen molar-refractivity contribution >= 4 is 11.9 Å². The maximum absolute atomic E-state index is 12.7. The van der Waals surface area contributed by atoms with E-state index in [-0.39, 0.29) is 29.7 Å². The van der Waals surface area contributed by atoms with E-state index in [0.717, 1.165) is 5.69 Å². The number of carbonyl (C=O) groups excluding carboxylic acids is 1. The Balaban J connectivity index is 1.87. The average molecular weight is 328 g/mol. The molecule has 3 heterocycles. The van der Waals surface area contributed by atoms with Crippen LogP contribution in [0.1, 0.15) is 47.1 Å². The van der Waals surface area contributed by atoms with Crippen molar-refractivity contribution in [3.8, 4) is 0 Å². The van der Waals surface area contributed by atoms with Gasteiger partial charge in [-0.15, -0.1) is 0 Å². The van der Waals surface area contributed by atoms with Crippen LogP contribution in [0, 0.1) is 12.8 Å². The molecular formula is C16H20N6O2. The predicted octanol–water partition coefficient (Wildman–Crippen LogP) is 0.805. The Morgan fingerprint density at radius 2 is 2.08 bits per heavy atom. The lowest BCUT2D eigenvalue weighted by Gasteiger charge is -2.15. The van der Waals surface area contributed by atoms with Gasteiger partial charge in [-0.3, -0.25) is 9.59 Å². The number of nitrogen functional groups attached to an aromatic ring is 1. The second-order valence-corrected chi connectivity index (χ2v) is 6.44. The van der Waals surface area contributed by atoms with Gasteiger partial charge in [0.2, 0.25) is 5.95 Å². The Morgan fingerprint density at radius 3 is 2.79 bits per heavy atom. The van der Waals surface area contributed by atoms with Gasteiger partial charge < -0.3 is 15.6 Å². The summed E-state index contributed by atoms with van der Waals surface area (Å²) < 4.78 is 0. The number of anilines is 1. The molecule has 2 aromatic rings. The molecular weight excluding hydrogens is 308 g/mol. The van der Waals surface area contributed by atoms with Gasteiger partial charge in [0.25, 0.3) is 11.5 Å². The molecule has 2 aromatic heterocycles. The fourth-order valence-corrected chi connectivity index (χ4v) is 2.85. The van der Waals surface area contributed by atoms with Crippen molar-refractivity contribution in [3.63, 3.8) is 0 Å². The molecule has 0 aromatic carbocycles. The van der Waals surface area contributed by atoms with E-state index in [1.165, 1.54) is 0 Å². The monoisotopic (exact) mass is 328 g/mol. The van der Waals surface area contributed by atoms with Crippen molar-refractivity contribution in [2.45, 2.75) is 40.3 Å². The van der Waals surface area contributed by atoms with Gasteiger partial charge in [-0.1, -0.05) is 13.8 Å². The molecule has 0 bridgehead atoms. The third-order valence-electron chi connectivity index (χ3n) is 3.83. The molecule has 3 rings (SSSR count). The van der Waals surface area contributed by atoms with E-state index in [1.54, 1.807) is 17.9 Å². The summed E-state index contributed by atoms with van der Waals surface area (Å²) in [6, 6.07) is 1.67. The van der Waals surface area contributed by atoms with E-state index in [4.69, 9.17) is 5.73 Å². The highest BCUT2D eigenvalue weighted by Crippen LogP contribution is 2.20. The van der Waals surface area contributed by atoms with E-state index in [1.807, 2.05) is 0 Å². The first kappa shape index (κ1) is 16.1. The van der Waals surface area contributed by atoms with Crippen LogP contribution in [-0.2, 0) is 19.5 Å². The van der Waals surface area contributed by atoms with Gasteiger partial charge in [0.1, 0.15) is 11.5 Å². The quantitative estimate of drug-likeness (QED) is 0.860. The molecule has 8 heteroatoms. The average Bonchev–Trinajstić information content (AvgIpc) is 2.89. The van der Waals surface area contributed by atoms with Crippen LogP contribution in [0.2, 0.25) is 0 Å². The third-order valence-corrected chi connectivity index (χ3v) is 3.83. The number of aryl methyl sites for hydroxylation is 1. The van der Waals surface area contributed by atoms with Crippen LogP contribution in [0.5, 0.6) is 0 Å². The minimum absolute atomic E-state index is 0.0834. The van der Waals surface area contributed by atoms with Crippen LogP contribution in [0.4, 0.5) is 5.95 Å². The van der Waals surface area contributed by atoms with Gasteiger partial charge in [-0.2, -0.15) is 0 Å². The first-order chi connectivity index (χ1) is 11.3. The van der Waals surface area contributed by atoms with Gasteiger partial charge >= 0.3 is 0 Å². The summed E-state index contributed by atoms with van der Waals surface area (Å²) in [4.78, 5) is 41.5. The molecule has 8 nitrogen and oxygen atoms in total. The molecule has 0 atom stereocenters. The first-order valence-corrected chi connectivity index (χ1v) is 7.85. The summed E-state index contributed by atoms with van der Waals surface area (Å²) in [6.07, 6.45) is 0.716. The van der Waals surface area contributed by atoms with E-state index in [0.29, 0.717) is 36.0 Å². The lowest BCUT2D eigenvalue weighted by Crippen LogP contribution is -2.27. The van der Waals surface area contributed by atoms with E-state index in [2.05, 4.69) is 33.8 Å². The number of H-pyrrole nitrogens is 1. The first-order valence-electron chi connectivity index (χ1n) is 7.85. The van der Waals surface area contributed by atoms with E-state index >= 15 is 0 Å². The minimum Gasteiger partial charge on any atom is -0.368 e. The van der Waals surface area contributed by atoms with Crippen LogP contribution in [0.15, 0.2) is 10.9 Å². The molecule has 1 amide bonds. The van der Waals surface area contributed by atoms with Crippen molar-refractivity contribution in [2.24, 2.45) is 5.92 Å². The molecule has 0 aliphatic carbocycles. The predicted molar refractivity (Wildman–Crippen MR) is 88.2 cm³/mol. The Morgan fingerprint density at radius 1 is 1.33 bits per heavy atom. The number of hydrogen-bond acceptors (Lipinski definition) is 6. The smallest absolute Gasteiger partial charge is 0.273 e. The number of fused-ring (bicyclic) bond motifs is 1. The molecule has 0 fully saturated rings. The van der Waals surface area contributed by atoms with Crippen molar-refractivity contribution in [3.05, 3.63) is 44.9 Å². The standard InChI is InChI=1S/C16H20N6O2/c1-8(2)4-10-5-12(21-16(17)20-10)15(24)22-6-11-13(7-22)18-9(3)19-14(11)23/h5,8H,4,6-7H2,1-3H3,(H2,17,20,21)(H,18,19,23). The summed E-state index contributed by atoms with van der Waals surface area (Å²) in [5, 5.41) is 0. The van der Waals surface area contributed by atoms with Gasteiger partial charge in [0, 0.05) is 5.69 Å². The number of aromatic nitrogens is 4. The second-order valence-electron chi connectivity index (χ2n) is 6.44. The van der Waals surface area contributed by atoms with E-state index in [9.17, 15) is 9.59 Å². The van der Waals surface area contributed by atoms with Crippen LogP contribution in [-0.4, -0.2) is 30.7 Å². The zero-order chi connectivity index (χ0) is 17.4. The SMILES string of the molecule is Cc1nc2c(c(=O)[nH]1)CN(C(=O)c1cc(CC(C)C)nc(N)n1)C2. The number of rotatable bonds is 3. The molecule has 0 saturated carbocycles. The molecule has 3 N–H and O–H groups in total. The largest absolute Gasteiger partial charge is 0.368 e. The summed E-state index contributed by atoms with van der Waals surface area (Å²) in [7, 11) is 0. The van der Waals surface area contributed by atoms with Crippen LogP contribution >= 0.6 is 0 Å². The molecule has 0 unspecified atom stereocenters. The highest BCUT2D eigenvalue weighted by atomic mass is 16.2. The Hall–Kier alpha value is -2.77. The Bertz CT molecular complexity index is 858. The van der Waals surface area contributed by atoms with Gasteiger partial charge in [-0.25, -0.2) is 15.0 Å². The Labute approximate surface area is 139 Å². The molecule has 0 radical (unpaired) electrons. The second kappa shape index (κ2) is 6.03. The van der Waals surface area contributed by atoms with Crippen molar-refractivity contribution in [2.75, 3.05) is 5.73 Å². The number of nitrogens with two attached hydrogens (primary N) is 1. The number of carbonyl (C=O) groups is 1. The highest BCUT2D eigenvalue weighted by Gasteiger charge is 2.29. The number of nitrogens with zero attached hydrogens (tertiary/aromatic N) is 4. The number of nitrogens with one attached hydrogen (secondary N) is 1. The molecule has 0 spiro atoms. The lowest BCUT2D eigenvalue weighted by atomic mass is 10.1. The minimum atomic E-state index is -0.274. The topological polar surface area (TPSA) is 118 Å². The third kappa shape index (κ3) is 3.12. The Kier molecular flexibility index (Phi) is 4.04. The number of amides is 1. The van der Waals surface area contributed by atoms with Gasteiger partial charge in [0.05, 0.1) is 24.3 Å². The molecule has 126 valence electrons. The number of aromatic amines is 1. The molecule has 1 aliphatic rings. The normalized spacial score (nSPS) is 13.4. The lowest BCUT2D eigenvalue weighted by molar-refractivity contribution is 0.0744. The zero-order valence-electron chi connectivity index (χ0n) is 14.0. The highest BCUT2D eigenvalue weighted by molar-refractivity contribution is 5.93. The summed E-state index contributed by atoms with van der Waals surface area (Å²) >= 11 is 0. The van der Waals surface area contributed by atoms with Gasteiger partial charge in [0.15, 0.2) is 0 Å². The zero-order valence-corrected chi connectivity index (χ0v) is 14.0. The van der Waals surface area contributed by atoms with E-state index < -0.39 is 0 Å². The van der Waals surface area contributed by atoms with Gasteiger partial charge in [-0.05, 0) is 25.3 Å². The van der Waals surface area contributed by atoms with Crippen molar-refractivity contribution in [1.82, 2.24) is 24.8 Å². The molecule has 0 saturated heterocycles. The summed E-state index contributed by atoms with van der Waals surface area (Å²) in [6.45, 7) is 6.37. The van der Waals surface area contributed by atoms with Crippen LogP contribution in [0.3, 0.4) is 0 Å². The van der Waals surface area contributed by atoms with Crippen molar-refractivity contribution in [1.29, 1.82) is 0 Å².